The SMILES string of the molecule is CC.CC(=O)OCCc1csc(-c2c(F)c(F)c(-c3nc(CCOC(C)=O)cs3)c3nsnc23)n1. The van der Waals surface area contributed by atoms with Crippen LogP contribution < -0.4 is 0 Å². The first-order chi connectivity index (χ1) is 16.8. The highest BCUT2D eigenvalue weighted by molar-refractivity contribution is 7.13. The van der Waals surface area contributed by atoms with Gasteiger partial charge in [-0.05, 0) is 0 Å². The number of ether oxygens (including phenoxy) is 2. The summed E-state index contributed by atoms with van der Waals surface area (Å²) in [6, 6.07) is 0. The monoisotopic (exact) mass is 540 g/mol. The molecule has 3 heterocycles. The molecular formula is C22H22F2N4O4S3. The van der Waals surface area contributed by atoms with Crippen molar-refractivity contribution in [2.75, 3.05) is 13.2 Å². The van der Waals surface area contributed by atoms with Gasteiger partial charge in [0.1, 0.15) is 21.0 Å². The first-order valence-electron chi connectivity index (χ1n) is 10.6. The Balaban J connectivity index is 0.00000167. The molecule has 0 aliphatic rings. The highest BCUT2D eigenvalue weighted by atomic mass is 32.1. The van der Waals surface area contributed by atoms with E-state index in [1.807, 2.05) is 13.8 Å². The number of hydrogen-bond acceptors (Lipinski definition) is 11. The maximum absolute atomic E-state index is 15.3. The van der Waals surface area contributed by atoms with E-state index in [0.717, 1.165) is 34.4 Å². The summed E-state index contributed by atoms with van der Waals surface area (Å²) in [4.78, 5) is 30.6. The number of benzene rings is 1. The Morgan fingerprint density at radius 1 is 0.800 bits per heavy atom. The van der Waals surface area contributed by atoms with Gasteiger partial charge < -0.3 is 9.47 Å². The van der Waals surface area contributed by atoms with Crippen molar-refractivity contribution in [3.05, 3.63) is 33.8 Å². The number of esters is 2. The van der Waals surface area contributed by atoms with Crippen molar-refractivity contribution in [1.29, 1.82) is 0 Å². The predicted molar refractivity (Wildman–Crippen MR) is 132 cm³/mol. The molecule has 35 heavy (non-hydrogen) atoms. The van der Waals surface area contributed by atoms with E-state index in [9.17, 15) is 9.59 Å². The maximum Gasteiger partial charge on any atom is 0.302 e. The van der Waals surface area contributed by atoms with E-state index >= 15 is 8.78 Å². The molecule has 0 atom stereocenters. The summed E-state index contributed by atoms with van der Waals surface area (Å²) in [6.45, 7) is 6.91. The minimum absolute atomic E-state index is 0.0598. The van der Waals surface area contributed by atoms with Crippen molar-refractivity contribution in [2.24, 2.45) is 0 Å². The number of hydrogen-bond donors (Lipinski definition) is 0. The van der Waals surface area contributed by atoms with Crippen LogP contribution in [0.1, 0.15) is 39.1 Å². The van der Waals surface area contributed by atoms with Crippen molar-refractivity contribution in [2.45, 2.75) is 40.5 Å². The lowest BCUT2D eigenvalue weighted by atomic mass is 10.1. The first-order valence-corrected chi connectivity index (χ1v) is 13.1. The van der Waals surface area contributed by atoms with E-state index in [-0.39, 0.29) is 45.4 Å². The Bertz CT molecular complexity index is 1240. The smallest absolute Gasteiger partial charge is 0.302 e. The van der Waals surface area contributed by atoms with Crippen LogP contribution >= 0.6 is 34.4 Å². The summed E-state index contributed by atoms with van der Waals surface area (Å²) in [5.41, 5.74) is 1.46. The van der Waals surface area contributed by atoms with Crippen LogP contribution in [0.4, 0.5) is 8.78 Å². The number of aromatic nitrogens is 4. The molecule has 0 aliphatic heterocycles. The second kappa shape index (κ2) is 12.2. The third-order valence-corrected chi connectivity index (χ3v) is 6.80. The van der Waals surface area contributed by atoms with Gasteiger partial charge in [-0.25, -0.2) is 18.7 Å². The third-order valence-electron chi connectivity index (χ3n) is 4.45. The van der Waals surface area contributed by atoms with E-state index in [2.05, 4.69) is 18.7 Å². The fraction of sp³-hybridized carbons (Fsp3) is 0.364. The number of fused-ring (bicyclic) bond motifs is 1. The van der Waals surface area contributed by atoms with E-state index < -0.39 is 23.6 Å². The van der Waals surface area contributed by atoms with Gasteiger partial charge in [0.05, 0.1) is 47.5 Å². The Labute approximate surface area is 212 Å². The quantitative estimate of drug-likeness (QED) is 0.272. The Hall–Kier alpha value is -2.90. The molecule has 1 aromatic carbocycles. The Kier molecular flexibility index (Phi) is 9.29. The van der Waals surface area contributed by atoms with Crippen LogP contribution in [0.5, 0.6) is 0 Å². The van der Waals surface area contributed by atoms with Gasteiger partial charge in [0.2, 0.25) is 0 Å². The van der Waals surface area contributed by atoms with Crippen molar-refractivity contribution in [1.82, 2.24) is 18.7 Å². The highest BCUT2D eigenvalue weighted by Gasteiger charge is 2.28. The molecule has 186 valence electrons. The molecule has 0 spiro atoms. The topological polar surface area (TPSA) is 104 Å². The second-order valence-electron chi connectivity index (χ2n) is 6.81. The van der Waals surface area contributed by atoms with Gasteiger partial charge in [-0.15, -0.1) is 22.7 Å². The maximum atomic E-state index is 15.3. The lowest BCUT2D eigenvalue weighted by Gasteiger charge is -2.07. The molecule has 4 aromatic rings. The fourth-order valence-corrected chi connectivity index (χ4v) is 5.35. The highest BCUT2D eigenvalue weighted by Crippen LogP contribution is 2.41. The number of halogens is 2. The summed E-state index contributed by atoms with van der Waals surface area (Å²) < 4.78 is 48.8. The summed E-state index contributed by atoms with van der Waals surface area (Å²) in [5.74, 6) is -2.97. The van der Waals surface area contributed by atoms with Gasteiger partial charge in [-0.3, -0.25) is 9.59 Å². The van der Waals surface area contributed by atoms with Gasteiger partial charge in [0, 0.05) is 37.4 Å². The molecule has 0 fully saturated rings. The molecule has 0 bridgehead atoms. The normalized spacial score (nSPS) is 10.7. The fourth-order valence-electron chi connectivity index (χ4n) is 3.01. The van der Waals surface area contributed by atoms with Crippen LogP contribution in [-0.2, 0) is 31.9 Å². The third kappa shape index (κ3) is 6.21. The predicted octanol–water partition coefficient (Wildman–Crippen LogP) is 5.45. The van der Waals surface area contributed by atoms with Gasteiger partial charge in [0.15, 0.2) is 11.6 Å². The number of rotatable bonds is 8. The van der Waals surface area contributed by atoms with Crippen LogP contribution in [0.25, 0.3) is 32.2 Å². The summed E-state index contributed by atoms with van der Waals surface area (Å²) in [5, 5.41) is 3.92. The molecule has 0 N–H and O–H groups in total. The minimum Gasteiger partial charge on any atom is -0.465 e. The zero-order valence-electron chi connectivity index (χ0n) is 19.4. The lowest BCUT2D eigenvalue weighted by Crippen LogP contribution is -2.03. The standard InChI is InChI=1S/C20H16F2N4O4S3.C2H6/c1-9(27)29-5-3-11-7-31-19(23-11)13-15(21)16(22)14(18-17(13)25-33-26-18)20-24-12(8-32-20)4-6-30-10(2)28;1-2/h7-8H,3-6H2,1-2H3;1-2H3. The van der Waals surface area contributed by atoms with Gasteiger partial charge >= 0.3 is 11.9 Å². The van der Waals surface area contributed by atoms with E-state index in [1.54, 1.807) is 10.8 Å². The lowest BCUT2D eigenvalue weighted by molar-refractivity contribution is -0.141. The molecule has 0 aliphatic carbocycles. The average molecular weight is 541 g/mol. The Morgan fingerprint density at radius 3 is 1.57 bits per heavy atom. The summed E-state index contributed by atoms with van der Waals surface area (Å²) in [7, 11) is 0. The zero-order valence-corrected chi connectivity index (χ0v) is 21.8. The molecule has 0 saturated carbocycles. The molecule has 8 nitrogen and oxygen atoms in total. The molecule has 4 rings (SSSR count). The van der Waals surface area contributed by atoms with Crippen molar-refractivity contribution < 1.29 is 27.8 Å². The van der Waals surface area contributed by atoms with Crippen molar-refractivity contribution in [3.63, 3.8) is 0 Å². The van der Waals surface area contributed by atoms with Crippen LogP contribution in [0, 0.1) is 11.6 Å². The van der Waals surface area contributed by atoms with Crippen LogP contribution in [0.15, 0.2) is 10.8 Å². The van der Waals surface area contributed by atoms with Crippen LogP contribution in [-0.4, -0.2) is 43.9 Å². The number of nitrogens with zero attached hydrogens (tertiary/aromatic N) is 4. The number of thiazole rings is 2. The van der Waals surface area contributed by atoms with Crippen LogP contribution in [0.3, 0.4) is 0 Å². The molecule has 3 aromatic heterocycles. The van der Waals surface area contributed by atoms with Crippen molar-refractivity contribution >= 4 is 57.4 Å². The Morgan fingerprint density at radius 2 is 1.20 bits per heavy atom. The average Bonchev–Trinajstić information content (AvgIpc) is 3.58. The molecule has 0 saturated heterocycles. The molecule has 0 unspecified atom stereocenters. The summed E-state index contributed by atoms with van der Waals surface area (Å²) in [6.07, 6.45) is 0.706. The largest absolute Gasteiger partial charge is 0.465 e. The second-order valence-corrected chi connectivity index (χ2v) is 9.05. The number of carbonyl (C=O) groups excluding carboxylic acids is 2. The summed E-state index contributed by atoms with van der Waals surface area (Å²) >= 11 is 3.13. The van der Waals surface area contributed by atoms with Gasteiger partial charge in [-0.2, -0.15) is 8.75 Å². The van der Waals surface area contributed by atoms with E-state index in [0.29, 0.717) is 24.2 Å². The van der Waals surface area contributed by atoms with Crippen LogP contribution in [0.2, 0.25) is 0 Å². The van der Waals surface area contributed by atoms with E-state index in [4.69, 9.17) is 9.47 Å². The molecule has 0 amide bonds. The van der Waals surface area contributed by atoms with Gasteiger partial charge in [0.25, 0.3) is 0 Å². The van der Waals surface area contributed by atoms with E-state index in [1.165, 1.54) is 13.8 Å². The number of carbonyl (C=O) groups is 2. The van der Waals surface area contributed by atoms with Gasteiger partial charge in [-0.1, -0.05) is 13.8 Å². The van der Waals surface area contributed by atoms with Crippen molar-refractivity contribution in [3.8, 4) is 21.1 Å². The zero-order chi connectivity index (χ0) is 25.5. The minimum atomic E-state index is -1.08. The molecule has 0 radical (unpaired) electrons. The molecular weight excluding hydrogens is 518 g/mol. The molecule has 13 heteroatoms. The first kappa shape index (κ1) is 26.7.